The molecule has 7 nitrogen and oxygen atoms in total. The quantitative estimate of drug-likeness (QED) is 0.176. The van der Waals surface area contributed by atoms with E-state index in [9.17, 15) is 13.2 Å². The van der Waals surface area contributed by atoms with Gasteiger partial charge in [-0.05, 0) is 77.5 Å². The highest BCUT2D eigenvalue weighted by Crippen LogP contribution is 2.38. The molecule has 0 aliphatic rings. The minimum Gasteiger partial charge on any atom is -0.490 e. The minimum atomic E-state index is -4.11. The molecule has 0 spiro atoms. The minimum absolute atomic E-state index is 0.0116. The number of carbonyl (C=O) groups is 1. The van der Waals surface area contributed by atoms with Gasteiger partial charge in [0, 0.05) is 9.13 Å². The highest BCUT2D eigenvalue weighted by Gasteiger charge is 2.22. The van der Waals surface area contributed by atoms with Crippen LogP contribution in [0.25, 0.3) is 0 Å². The van der Waals surface area contributed by atoms with E-state index in [0.717, 1.165) is 3.57 Å². The summed E-state index contributed by atoms with van der Waals surface area (Å²) < 4.78 is 36.9. The summed E-state index contributed by atoms with van der Waals surface area (Å²) in [5.41, 5.74) is 3.38. The smallest absolute Gasteiger partial charge is 0.339 e. The fraction of sp³-hybridized carbons (Fsp3) is 0.0909. The van der Waals surface area contributed by atoms with Gasteiger partial charge in [0.1, 0.15) is 4.90 Å². The van der Waals surface area contributed by atoms with Gasteiger partial charge in [0.25, 0.3) is 5.91 Å². The highest BCUT2D eigenvalue weighted by atomic mass is 127. The van der Waals surface area contributed by atoms with Crippen molar-refractivity contribution >= 4 is 56.4 Å². The van der Waals surface area contributed by atoms with E-state index in [1.807, 2.05) is 6.07 Å². The zero-order valence-electron chi connectivity index (χ0n) is 16.8. The number of halogens is 2. The number of benzene rings is 3. The molecule has 0 saturated heterocycles. The average Bonchev–Trinajstić information content (AvgIpc) is 2.77. The standard InChI is InChI=1S/C22H18ClIN2O5S/c1-2-30-20-12-15(14-25-26-22(27)16-7-6-8-17(24)13-16)11-19(23)21(20)31-32(28,29)18-9-4-3-5-10-18/h3-14H,2H2,1H3,(H,26,27)/b25-14-. The van der Waals surface area contributed by atoms with E-state index in [2.05, 4.69) is 33.1 Å². The van der Waals surface area contributed by atoms with E-state index in [-0.39, 0.29) is 33.9 Å². The van der Waals surface area contributed by atoms with Crippen molar-refractivity contribution in [1.82, 2.24) is 5.43 Å². The summed E-state index contributed by atoms with van der Waals surface area (Å²) >= 11 is 8.41. The van der Waals surface area contributed by atoms with Crippen molar-refractivity contribution in [3.05, 3.63) is 86.4 Å². The molecule has 0 atom stereocenters. The predicted octanol–water partition coefficient (Wildman–Crippen LogP) is 4.87. The molecule has 0 aromatic heterocycles. The topological polar surface area (TPSA) is 94.1 Å². The maximum absolute atomic E-state index is 12.6. The Bertz CT molecular complexity index is 1250. The first-order valence-electron chi connectivity index (χ1n) is 9.35. The number of rotatable bonds is 8. The summed E-state index contributed by atoms with van der Waals surface area (Å²) in [5.74, 6) is -0.368. The maximum atomic E-state index is 12.6. The van der Waals surface area contributed by atoms with Crippen LogP contribution in [0.1, 0.15) is 22.8 Å². The lowest BCUT2D eigenvalue weighted by Crippen LogP contribution is -2.17. The Morgan fingerprint density at radius 1 is 1.12 bits per heavy atom. The van der Waals surface area contributed by atoms with Crippen molar-refractivity contribution in [2.45, 2.75) is 11.8 Å². The molecule has 3 aromatic carbocycles. The zero-order valence-corrected chi connectivity index (χ0v) is 20.5. The highest BCUT2D eigenvalue weighted by molar-refractivity contribution is 14.1. The molecule has 0 bridgehead atoms. The van der Waals surface area contributed by atoms with Crippen LogP contribution in [0.3, 0.4) is 0 Å². The van der Waals surface area contributed by atoms with Crippen molar-refractivity contribution < 1.29 is 22.1 Å². The van der Waals surface area contributed by atoms with Crippen molar-refractivity contribution in [3.63, 3.8) is 0 Å². The van der Waals surface area contributed by atoms with Gasteiger partial charge in [0.05, 0.1) is 17.8 Å². The van der Waals surface area contributed by atoms with Crippen LogP contribution >= 0.6 is 34.2 Å². The first kappa shape index (κ1) is 24.0. The number of nitrogens with zero attached hydrogens (tertiary/aromatic N) is 1. The second-order valence-electron chi connectivity index (χ2n) is 6.32. The van der Waals surface area contributed by atoms with Gasteiger partial charge in [-0.1, -0.05) is 35.9 Å². The lowest BCUT2D eigenvalue weighted by Gasteiger charge is -2.14. The van der Waals surface area contributed by atoms with Crippen LogP contribution in [-0.2, 0) is 10.1 Å². The van der Waals surface area contributed by atoms with Gasteiger partial charge in [-0.25, -0.2) is 5.43 Å². The molecule has 0 aliphatic heterocycles. The normalized spacial score (nSPS) is 11.3. The Morgan fingerprint density at radius 3 is 2.56 bits per heavy atom. The summed E-state index contributed by atoms with van der Waals surface area (Å²) in [6.07, 6.45) is 1.37. The molecular formula is C22H18ClIN2O5S. The monoisotopic (exact) mass is 584 g/mol. The lowest BCUT2D eigenvalue weighted by molar-refractivity contribution is 0.0955. The Kier molecular flexibility index (Phi) is 8.10. The van der Waals surface area contributed by atoms with E-state index in [0.29, 0.717) is 11.1 Å². The Labute approximate surface area is 204 Å². The molecule has 1 N–H and O–H groups in total. The fourth-order valence-corrected chi connectivity index (χ4v) is 4.44. The molecule has 166 valence electrons. The van der Waals surface area contributed by atoms with Gasteiger partial charge in [-0.3, -0.25) is 4.79 Å². The van der Waals surface area contributed by atoms with Crippen molar-refractivity contribution in [2.24, 2.45) is 5.10 Å². The molecule has 0 heterocycles. The molecule has 0 fully saturated rings. The number of carbonyl (C=O) groups excluding carboxylic acids is 1. The van der Waals surface area contributed by atoms with Crippen LogP contribution in [0.2, 0.25) is 5.02 Å². The van der Waals surface area contributed by atoms with Crippen LogP contribution in [0, 0.1) is 3.57 Å². The first-order chi connectivity index (χ1) is 15.3. The predicted molar refractivity (Wildman–Crippen MR) is 131 cm³/mol. The number of hydrogen-bond acceptors (Lipinski definition) is 6. The van der Waals surface area contributed by atoms with E-state index in [4.69, 9.17) is 20.5 Å². The number of amides is 1. The molecule has 32 heavy (non-hydrogen) atoms. The third-order valence-electron chi connectivity index (χ3n) is 4.02. The number of hydrazone groups is 1. The third-order valence-corrected chi connectivity index (χ3v) is 6.21. The van der Waals surface area contributed by atoms with Gasteiger partial charge in [0.2, 0.25) is 5.75 Å². The van der Waals surface area contributed by atoms with Crippen molar-refractivity contribution in [1.29, 1.82) is 0 Å². The summed E-state index contributed by atoms with van der Waals surface area (Å²) in [6.45, 7) is 1.99. The lowest BCUT2D eigenvalue weighted by atomic mass is 10.2. The van der Waals surface area contributed by atoms with Gasteiger partial charge in [-0.2, -0.15) is 13.5 Å². The van der Waals surface area contributed by atoms with Crippen LogP contribution < -0.4 is 14.3 Å². The van der Waals surface area contributed by atoms with Crippen LogP contribution in [-0.4, -0.2) is 27.1 Å². The maximum Gasteiger partial charge on any atom is 0.339 e. The largest absolute Gasteiger partial charge is 0.490 e. The second kappa shape index (κ2) is 10.8. The summed E-state index contributed by atoms with van der Waals surface area (Å²) in [6, 6.07) is 17.7. The van der Waals surface area contributed by atoms with Crippen LogP contribution in [0.15, 0.2) is 76.7 Å². The van der Waals surface area contributed by atoms with Crippen molar-refractivity contribution in [3.8, 4) is 11.5 Å². The second-order valence-corrected chi connectivity index (χ2v) is 9.52. The van der Waals surface area contributed by atoms with Gasteiger partial charge in [0.15, 0.2) is 5.75 Å². The number of hydrogen-bond donors (Lipinski definition) is 1. The molecule has 0 saturated carbocycles. The van der Waals surface area contributed by atoms with Gasteiger partial charge >= 0.3 is 10.1 Å². The van der Waals surface area contributed by atoms with E-state index >= 15 is 0 Å². The SMILES string of the molecule is CCOc1cc(/C=N\NC(=O)c2cccc(I)c2)cc(Cl)c1OS(=O)(=O)c1ccccc1. The van der Waals surface area contributed by atoms with Gasteiger partial charge in [-0.15, -0.1) is 0 Å². The molecule has 0 radical (unpaired) electrons. The van der Waals surface area contributed by atoms with E-state index < -0.39 is 10.1 Å². The number of ether oxygens (including phenoxy) is 1. The Hall–Kier alpha value is -2.63. The molecule has 1 amide bonds. The molecule has 3 aromatic rings. The van der Waals surface area contributed by atoms with Crippen LogP contribution in [0.5, 0.6) is 11.5 Å². The summed E-state index contributed by atoms with van der Waals surface area (Å²) in [5, 5.41) is 3.96. The van der Waals surface area contributed by atoms with Crippen molar-refractivity contribution in [2.75, 3.05) is 6.61 Å². The Balaban J connectivity index is 1.82. The molecule has 3 rings (SSSR count). The molecule has 0 unspecified atom stereocenters. The summed E-state index contributed by atoms with van der Waals surface area (Å²) in [4.78, 5) is 12.2. The van der Waals surface area contributed by atoms with Crippen LogP contribution in [0.4, 0.5) is 0 Å². The van der Waals surface area contributed by atoms with E-state index in [1.165, 1.54) is 30.5 Å². The molecular weight excluding hydrogens is 567 g/mol. The Morgan fingerprint density at radius 2 is 1.88 bits per heavy atom. The average molecular weight is 585 g/mol. The molecule has 10 heteroatoms. The summed E-state index contributed by atoms with van der Waals surface area (Å²) in [7, 11) is -4.11. The van der Waals surface area contributed by atoms with E-state index in [1.54, 1.807) is 43.3 Å². The third kappa shape index (κ3) is 6.21. The fourth-order valence-electron chi connectivity index (χ4n) is 2.61. The zero-order chi connectivity index (χ0) is 23.1. The van der Waals surface area contributed by atoms with Gasteiger partial charge < -0.3 is 8.92 Å². The first-order valence-corrected chi connectivity index (χ1v) is 12.2. The number of nitrogens with one attached hydrogen (secondary N) is 1. The molecule has 0 aliphatic carbocycles.